The summed E-state index contributed by atoms with van der Waals surface area (Å²) in [4.78, 5) is 52.7. The molecule has 1 aliphatic heterocycles. The number of hydrogen-bond donors (Lipinski definition) is 5. The van der Waals surface area contributed by atoms with Crippen LogP contribution in [0.3, 0.4) is 0 Å². The summed E-state index contributed by atoms with van der Waals surface area (Å²) in [5.74, 6) is -2.11. The van der Waals surface area contributed by atoms with Crippen molar-refractivity contribution < 1.29 is 31.5 Å². The molecule has 4 amide bonds. The lowest BCUT2D eigenvalue weighted by molar-refractivity contribution is -0.142. The molecule has 4 atom stereocenters. The van der Waals surface area contributed by atoms with Crippen LogP contribution >= 0.6 is 0 Å². The largest absolute Gasteiger partial charge is 0.368 e. The summed E-state index contributed by atoms with van der Waals surface area (Å²) >= 11 is 0. The lowest BCUT2D eigenvalue weighted by atomic mass is 10.0. The first-order chi connectivity index (χ1) is 19.9. The first kappa shape index (κ1) is 32.6. The number of nitrogens with one attached hydrogen (secondary N) is 4. The normalized spacial score (nSPS) is 17.2. The molecule has 0 bridgehead atoms. The molecule has 2 aromatic rings. The maximum atomic E-state index is 13.7. The molecule has 0 aromatic heterocycles. The van der Waals surface area contributed by atoms with Crippen molar-refractivity contribution in [2.24, 2.45) is 5.73 Å². The summed E-state index contributed by atoms with van der Waals surface area (Å²) in [5, 5.41) is 11.3. The van der Waals surface area contributed by atoms with E-state index in [-0.39, 0.29) is 26.1 Å². The van der Waals surface area contributed by atoms with E-state index in [1.807, 2.05) is 30.3 Å². The fraction of sp³-hybridized carbons (Fsp3) is 0.429. The Kier molecular flexibility index (Phi) is 11.5. The molecule has 42 heavy (non-hydrogen) atoms. The van der Waals surface area contributed by atoms with E-state index in [4.69, 9.17) is 5.73 Å². The molecule has 228 valence electrons. The van der Waals surface area contributed by atoms with Crippen LogP contribution in [0.25, 0.3) is 0 Å². The maximum absolute atomic E-state index is 13.7. The molecule has 12 nitrogen and oxygen atoms in total. The lowest BCUT2D eigenvalue weighted by Gasteiger charge is -2.30. The second-order valence-corrected chi connectivity index (χ2v) is 11.5. The topological polar surface area (TPSA) is 180 Å². The fourth-order valence-corrected chi connectivity index (χ4v) is 5.06. The van der Waals surface area contributed by atoms with Crippen LogP contribution in [0.2, 0.25) is 0 Å². The number of nitrogens with zero attached hydrogens (tertiary/aromatic N) is 1. The molecular formula is C28H37FN6O6S. The molecule has 0 unspecified atom stereocenters. The van der Waals surface area contributed by atoms with Gasteiger partial charge in [-0.25, -0.2) is 0 Å². The van der Waals surface area contributed by atoms with E-state index in [1.54, 1.807) is 14.0 Å². The van der Waals surface area contributed by atoms with Gasteiger partial charge < -0.3 is 31.9 Å². The standard InChI is InChI=1S/C28H37FN6O6S/c1-18(31-2)26(37)34-23(17-32-16-20-10-12-21(13-11-20)42(29,40)41)28(39)35-14-6-9-24(35)27(38)33-22(25(30)36)15-19-7-4-3-5-8-19/h3-5,7-8,10-13,18,22-24,31-32H,6,9,14-17H2,1-2H3,(H2,30,36)(H,33,38)(H,34,37)/t18-,22-,23-,24-/m0/s1. The van der Waals surface area contributed by atoms with Gasteiger partial charge in [0.2, 0.25) is 23.6 Å². The number of nitrogens with two attached hydrogens (primary N) is 1. The summed E-state index contributed by atoms with van der Waals surface area (Å²) in [6.45, 7) is 2.10. The molecule has 3 rings (SSSR count). The number of likely N-dealkylation sites (tertiary alicyclic amines) is 1. The van der Waals surface area contributed by atoms with Crippen molar-refractivity contribution in [3.05, 3.63) is 65.7 Å². The number of hydrogen-bond acceptors (Lipinski definition) is 8. The average Bonchev–Trinajstić information content (AvgIpc) is 3.46. The third kappa shape index (κ3) is 9.06. The highest BCUT2D eigenvalue weighted by Crippen LogP contribution is 2.19. The molecule has 0 spiro atoms. The van der Waals surface area contributed by atoms with Gasteiger partial charge in [0, 0.05) is 26.1 Å². The minimum Gasteiger partial charge on any atom is -0.368 e. The van der Waals surface area contributed by atoms with Gasteiger partial charge in [0.15, 0.2) is 0 Å². The first-order valence-corrected chi connectivity index (χ1v) is 14.9. The van der Waals surface area contributed by atoms with Crippen LogP contribution in [0, 0.1) is 0 Å². The van der Waals surface area contributed by atoms with Crippen LogP contribution in [-0.4, -0.2) is 81.3 Å². The third-order valence-corrected chi connectivity index (χ3v) is 7.94. The molecule has 1 heterocycles. The van der Waals surface area contributed by atoms with Crippen molar-refractivity contribution in [1.29, 1.82) is 0 Å². The maximum Gasteiger partial charge on any atom is 0.332 e. The van der Waals surface area contributed by atoms with Crippen LogP contribution in [0.15, 0.2) is 59.5 Å². The van der Waals surface area contributed by atoms with E-state index in [0.29, 0.717) is 18.4 Å². The van der Waals surface area contributed by atoms with Crippen molar-refractivity contribution >= 4 is 33.9 Å². The van der Waals surface area contributed by atoms with Gasteiger partial charge in [-0.3, -0.25) is 19.2 Å². The molecule has 0 radical (unpaired) electrons. The van der Waals surface area contributed by atoms with Crippen molar-refractivity contribution in [2.75, 3.05) is 20.1 Å². The number of benzene rings is 2. The van der Waals surface area contributed by atoms with E-state index in [1.165, 1.54) is 17.0 Å². The SMILES string of the molecule is CN[C@@H](C)C(=O)N[C@@H](CNCc1ccc(S(=O)(=O)F)cc1)C(=O)N1CCC[C@H]1C(=O)N[C@@H](Cc1ccccc1)C(N)=O. The highest BCUT2D eigenvalue weighted by atomic mass is 32.3. The van der Waals surface area contributed by atoms with E-state index >= 15 is 0 Å². The van der Waals surface area contributed by atoms with Crippen molar-refractivity contribution in [1.82, 2.24) is 26.2 Å². The zero-order valence-electron chi connectivity index (χ0n) is 23.5. The minimum absolute atomic E-state index is 0.00702. The Balaban J connectivity index is 1.70. The highest BCUT2D eigenvalue weighted by Gasteiger charge is 2.38. The van der Waals surface area contributed by atoms with Gasteiger partial charge in [-0.2, -0.15) is 8.42 Å². The zero-order chi connectivity index (χ0) is 30.9. The predicted molar refractivity (Wildman–Crippen MR) is 153 cm³/mol. The monoisotopic (exact) mass is 604 g/mol. The summed E-state index contributed by atoms with van der Waals surface area (Å²) in [7, 11) is -3.22. The average molecular weight is 605 g/mol. The van der Waals surface area contributed by atoms with Gasteiger partial charge in [0.1, 0.15) is 18.1 Å². The molecule has 1 saturated heterocycles. The summed E-state index contributed by atoms with van der Waals surface area (Å²) < 4.78 is 35.3. The van der Waals surface area contributed by atoms with Gasteiger partial charge in [0.25, 0.3) is 0 Å². The molecule has 14 heteroatoms. The Morgan fingerprint density at radius 1 is 1.00 bits per heavy atom. The summed E-state index contributed by atoms with van der Waals surface area (Å²) in [5.41, 5.74) is 7.00. The molecule has 0 aliphatic carbocycles. The van der Waals surface area contributed by atoms with Crippen LogP contribution in [0.1, 0.15) is 30.9 Å². The Bertz CT molecular complexity index is 1360. The van der Waals surface area contributed by atoms with Crippen molar-refractivity contribution in [2.45, 2.75) is 61.8 Å². The van der Waals surface area contributed by atoms with Crippen molar-refractivity contribution in [3.63, 3.8) is 0 Å². The quantitative estimate of drug-likeness (QED) is 0.183. The van der Waals surface area contributed by atoms with Gasteiger partial charge in [-0.1, -0.05) is 42.5 Å². The van der Waals surface area contributed by atoms with Crippen LogP contribution in [-0.2, 0) is 42.4 Å². The Hall–Kier alpha value is -3.88. The Morgan fingerprint density at radius 3 is 2.26 bits per heavy atom. The Morgan fingerprint density at radius 2 is 1.67 bits per heavy atom. The van der Waals surface area contributed by atoms with Crippen LogP contribution in [0.5, 0.6) is 0 Å². The number of amides is 4. The number of carbonyl (C=O) groups excluding carboxylic acids is 4. The summed E-state index contributed by atoms with van der Waals surface area (Å²) in [6.07, 6.45) is 1.12. The molecule has 1 aliphatic rings. The minimum atomic E-state index is -4.82. The first-order valence-electron chi connectivity index (χ1n) is 13.6. The number of likely N-dealkylation sites (N-methyl/N-ethyl adjacent to an activating group) is 1. The fourth-order valence-electron chi connectivity index (χ4n) is 4.60. The molecule has 6 N–H and O–H groups in total. The second kappa shape index (κ2) is 14.8. The number of primary amides is 1. The van der Waals surface area contributed by atoms with Gasteiger partial charge >= 0.3 is 10.2 Å². The van der Waals surface area contributed by atoms with E-state index in [0.717, 1.165) is 17.7 Å². The van der Waals surface area contributed by atoms with Crippen LogP contribution < -0.4 is 27.0 Å². The third-order valence-electron chi connectivity index (χ3n) is 7.10. The van der Waals surface area contributed by atoms with E-state index in [2.05, 4.69) is 21.3 Å². The highest BCUT2D eigenvalue weighted by molar-refractivity contribution is 7.86. The van der Waals surface area contributed by atoms with Crippen LogP contribution in [0.4, 0.5) is 3.89 Å². The predicted octanol–water partition coefficient (Wildman–Crippen LogP) is -0.269. The number of carbonyl (C=O) groups is 4. The molecular weight excluding hydrogens is 567 g/mol. The van der Waals surface area contributed by atoms with E-state index < -0.39 is 62.9 Å². The second-order valence-electron chi connectivity index (χ2n) is 10.1. The summed E-state index contributed by atoms with van der Waals surface area (Å²) in [6, 6.07) is 10.8. The smallest absolute Gasteiger partial charge is 0.332 e. The molecule has 1 fully saturated rings. The van der Waals surface area contributed by atoms with E-state index in [9.17, 15) is 31.5 Å². The Labute approximate surface area is 244 Å². The lowest BCUT2D eigenvalue weighted by Crippen LogP contribution is -2.59. The van der Waals surface area contributed by atoms with Gasteiger partial charge in [0.05, 0.1) is 10.9 Å². The molecule has 2 aromatic carbocycles. The van der Waals surface area contributed by atoms with Gasteiger partial charge in [-0.15, -0.1) is 3.89 Å². The molecule has 0 saturated carbocycles. The number of rotatable bonds is 14. The van der Waals surface area contributed by atoms with Crippen molar-refractivity contribution in [3.8, 4) is 0 Å². The number of halogens is 1. The zero-order valence-corrected chi connectivity index (χ0v) is 24.3. The van der Waals surface area contributed by atoms with Gasteiger partial charge in [-0.05, 0) is 50.1 Å².